The predicted octanol–water partition coefficient (Wildman–Crippen LogP) is 3.30. The van der Waals surface area contributed by atoms with E-state index in [-0.39, 0.29) is 11.6 Å². The lowest BCUT2D eigenvalue weighted by Gasteiger charge is -2.28. The highest BCUT2D eigenvalue weighted by molar-refractivity contribution is 7.99. The van der Waals surface area contributed by atoms with E-state index in [0.717, 1.165) is 16.9 Å². The van der Waals surface area contributed by atoms with Gasteiger partial charge < -0.3 is 10.4 Å². The second-order valence-electron chi connectivity index (χ2n) is 4.92. The van der Waals surface area contributed by atoms with Crippen molar-refractivity contribution in [2.24, 2.45) is 0 Å². The van der Waals surface area contributed by atoms with E-state index < -0.39 is 0 Å². The number of thioether (sulfide) groups is 1. The molecule has 0 saturated heterocycles. The van der Waals surface area contributed by atoms with Gasteiger partial charge in [-0.25, -0.2) is 4.39 Å². The molecule has 0 amide bonds. The summed E-state index contributed by atoms with van der Waals surface area (Å²) in [5.74, 6) is -0.380. The Bertz CT molecular complexity index is 379. The second-order valence-corrected chi connectivity index (χ2v) is 6.06. The maximum Gasteiger partial charge on any atom is 0.127 e. The van der Waals surface area contributed by atoms with Crippen molar-refractivity contribution in [3.05, 3.63) is 29.6 Å². The minimum absolute atomic E-state index is 0.00238. The number of hydrogen-bond donors (Lipinski definition) is 2. The van der Waals surface area contributed by atoms with Crippen molar-refractivity contribution in [3.8, 4) is 5.75 Å². The molecular weight excluding hydrogens is 249 g/mol. The van der Waals surface area contributed by atoms with Crippen LogP contribution in [-0.2, 0) is 6.54 Å². The molecule has 1 aromatic rings. The van der Waals surface area contributed by atoms with E-state index in [1.807, 2.05) is 11.8 Å². The average molecular weight is 269 g/mol. The van der Waals surface area contributed by atoms with Gasteiger partial charge in [-0.2, -0.15) is 11.8 Å². The maximum absolute atomic E-state index is 13.1. The van der Waals surface area contributed by atoms with Crippen LogP contribution in [0.5, 0.6) is 5.75 Å². The summed E-state index contributed by atoms with van der Waals surface area (Å²) < 4.78 is 13.1. The average Bonchev–Trinajstić information content (AvgIpc) is 2.35. The van der Waals surface area contributed by atoms with Crippen molar-refractivity contribution in [1.82, 2.24) is 5.32 Å². The van der Waals surface area contributed by atoms with Gasteiger partial charge in [0.2, 0.25) is 0 Å². The number of phenols is 1. The van der Waals surface area contributed by atoms with Gasteiger partial charge in [-0.1, -0.05) is 6.42 Å². The van der Waals surface area contributed by atoms with E-state index in [0.29, 0.717) is 12.6 Å². The van der Waals surface area contributed by atoms with Gasteiger partial charge in [0, 0.05) is 23.9 Å². The Hall–Kier alpha value is -0.740. The van der Waals surface area contributed by atoms with E-state index in [4.69, 9.17) is 0 Å². The first-order chi connectivity index (χ1) is 8.67. The molecule has 18 heavy (non-hydrogen) atoms. The number of halogens is 1. The number of phenolic OH excluding ortho intramolecular Hbond substituents is 1. The molecule has 100 valence electrons. The van der Waals surface area contributed by atoms with Crippen LogP contribution in [0.15, 0.2) is 18.2 Å². The van der Waals surface area contributed by atoms with Crippen LogP contribution in [0.25, 0.3) is 0 Å². The minimum atomic E-state index is -0.377. The van der Waals surface area contributed by atoms with E-state index in [1.54, 1.807) is 6.07 Å². The van der Waals surface area contributed by atoms with Gasteiger partial charge in [-0.15, -0.1) is 0 Å². The molecule has 2 N–H and O–H groups in total. The quantitative estimate of drug-likeness (QED) is 0.879. The topological polar surface area (TPSA) is 32.3 Å². The van der Waals surface area contributed by atoms with Crippen LogP contribution in [0.3, 0.4) is 0 Å². The highest BCUT2D eigenvalue weighted by atomic mass is 32.2. The fourth-order valence-corrected chi connectivity index (χ4v) is 3.37. The van der Waals surface area contributed by atoms with Crippen molar-refractivity contribution in [2.75, 3.05) is 6.26 Å². The largest absolute Gasteiger partial charge is 0.508 e. The van der Waals surface area contributed by atoms with E-state index in [1.165, 1.54) is 31.7 Å². The summed E-state index contributed by atoms with van der Waals surface area (Å²) in [6.45, 7) is 0.622. The smallest absolute Gasteiger partial charge is 0.127 e. The van der Waals surface area contributed by atoms with Crippen LogP contribution < -0.4 is 5.32 Å². The summed E-state index contributed by atoms with van der Waals surface area (Å²) in [6, 6.07) is 4.74. The molecule has 0 bridgehead atoms. The highest BCUT2D eigenvalue weighted by Gasteiger charge is 2.20. The molecule has 2 rings (SSSR count). The summed E-state index contributed by atoms with van der Waals surface area (Å²) in [7, 11) is 0. The van der Waals surface area contributed by atoms with Crippen molar-refractivity contribution < 1.29 is 9.50 Å². The van der Waals surface area contributed by atoms with Crippen LogP contribution in [0.1, 0.15) is 31.2 Å². The Balaban J connectivity index is 1.87. The minimum Gasteiger partial charge on any atom is -0.508 e. The molecule has 0 radical (unpaired) electrons. The molecule has 2 nitrogen and oxygen atoms in total. The lowest BCUT2D eigenvalue weighted by atomic mass is 9.95. The molecular formula is C14H20FNOS. The zero-order valence-electron chi connectivity index (χ0n) is 10.7. The summed E-state index contributed by atoms with van der Waals surface area (Å²) in [5.41, 5.74) is 0.804. The third-order valence-electron chi connectivity index (χ3n) is 3.50. The van der Waals surface area contributed by atoms with Gasteiger partial charge in [0.05, 0.1) is 0 Å². The molecule has 0 heterocycles. The summed E-state index contributed by atoms with van der Waals surface area (Å²) in [6.07, 6.45) is 7.11. The predicted molar refractivity (Wildman–Crippen MR) is 74.5 cm³/mol. The Kier molecular flexibility index (Phi) is 4.89. The van der Waals surface area contributed by atoms with Crippen molar-refractivity contribution >= 4 is 11.8 Å². The van der Waals surface area contributed by atoms with Gasteiger partial charge >= 0.3 is 0 Å². The van der Waals surface area contributed by atoms with E-state index >= 15 is 0 Å². The van der Waals surface area contributed by atoms with Crippen LogP contribution in [0.2, 0.25) is 0 Å². The summed E-state index contributed by atoms with van der Waals surface area (Å²) in [5, 5.41) is 13.6. The normalized spacial score (nSPS) is 24.1. The SMILES string of the molecule is CSC1CCCC(NCc2cc(O)cc(F)c2)C1. The standard InChI is InChI=1S/C14H20FNOS/c1-18-14-4-2-3-12(8-14)16-9-10-5-11(15)7-13(17)6-10/h5-7,12,14,16-17H,2-4,8-9H2,1H3. The van der Waals surface area contributed by atoms with Crippen molar-refractivity contribution in [2.45, 2.75) is 43.5 Å². The van der Waals surface area contributed by atoms with Gasteiger partial charge in [0.1, 0.15) is 11.6 Å². The number of benzene rings is 1. The monoisotopic (exact) mass is 269 g/mol. The Morgan fingerprint density at radius 3 is 2.94 bits per heavy atom. The summed E-state index contributed by atoms with van der Waals surface area (Å²) >= 11 is 1.94. The molecule has 2 atom stereocenters. The molecule has 2 unspecified atom stereocenters. The van der Waals surface area contributed by atoms with Gasteiger partial charge in [-0.3, -0.25) is 0 Å². The van der Waals surface area contributed by atoms with Crippen molar-refractivity contribution in [3.63, 3.8) is 0 Å². The van der Waals surface area contributed by atoms with Gasteiger partial charge in [0.15, 0.2) is 0 Å². The van der Waals surface area contributed by atoms with Gasteiger partial charge in [-0.05, 0) is 43.2 Å². The first-order valence-corrected chi connectivity index (χ1v) is 7.71. The molecule has 1 aromatic carbocycles. The molecule has 1 aliphatic rings. The third kappa shape index (κ3) is 3.89. The maximum atomic E-state index is 13.1. The van der Waals surface area contributed by atoms with Crippen LogP contribution in [-0.4, -0.2) is 22.7 Å². The summed E-state index contributed by atoms with van der Waals surface area (Å²) in [4.78, 5) is 0. The first-order valence-electron chi connectivity index (χ1n) is 6.42. The zero-order valence-corrected chi connectivity index (χ0v) is 11.5. The number of hydrogen-bond acceptors (Lipinski definition) is 3. The molecule has 0 spiro atoms. The second kappa shape index (κ2) is 6.43. The van der Waals surface area contributed by atoms with E-state index in [2.05, 4.69) is 11.6 Å². The third-order valence-corrected chi connectivity index (χ3v) is 4.59. The number of aromatic hydroxyl groups is 1. The first kappa shape index (κ1) is 13.7. The fraction of sp³-hybridized carbons (Fsp3) is 0.571. The Morgan fingerprint density at radius 2 is 2.22 bits per heavy atom. The molecule has 1 aliphatic carbocycles. The zero-order chi connectivity index (χ0) is 13.0. The van der Waals surface area contributed by atoms with Crippen molar-refractivity contribution in [1.29, 1.82) is 0 Å². The lowest BCUT2D eigenvalue weighted by Crippen LogP contribution is -2.34. The van der Waals surface area contributed by atoms with E-state index in [9.17, 15) is 9.50 Å². The molecule has 0 aromatic heterocycles. The number of rotatable bonds is 4. The van der Waals surface area contributed by atoms with Crippen LogP contribution in [0.4, 0.5) is 4.39 Å². The molecule has 1 saturated carbocycles. The molecule has 1 fully saturated rings. The lowest BCUT2D eigenvalue weighted by molar-refractivity contribution is 0.379. The molecule has 0 aliphatic heterocycles. The van der Waals surface area contributed by atoms with Gasteiger partial charge in [0.25, 0.3) is 0 Å². The Morgan fingerprint density at radius 1 is 1.39 bits per heavy atom. The van der Waals surface area contributed by atoms with Crippen LogP contribution in [0, 0.1) is 5.82 Å². The van der Waals surface area contributed by atoms with Crippen LogP contribution >= 0.6 is 11.8 Å². The molecule has 4 heteroatoms. The fourth-order valence-electron chi connectivity index (χ4n) is 2.54. The number of nitrogens with one attached hydrogen (secondary N) is 1. The Labute approximate surface area is 112 Å². The highest BCUT2D eigenvalue weighted by Crippen LogP contribution is 2.27.